The van der Waals surface area contributed by atoms with Crippen LogP contribution in [0.1, 0.15) is 29.2 Å². The number of hydrogen-bond donors (Lipinski definition) is 1. The molecule has 0 radical (unpaired) electrons. The van der Waals surface area contributed by atoms with E-state index in [0.29, 0.717) is 5.56 Å². The van der Waals surface area contributed by atoms with Crippen molar-refractivity contribution in [2.45, 2.75) is 25.1 Å². The third-order valence-electron chi connectivity index (χ3n) is 3.81. The van der Waals surface area contributed by atoms with E-state index < -0.39 is 11.7 Å². The van der Waals surface area contributed by atoms with Gasteiger partial charge < -0.3 is 5.73 Å². The fourth-order valence-electron chi connectivity index (χ4n) is 2.80. The third-order valence-corrected chi connectivity index (χ3v) is 3.81. The zero-order valence-electron chi connectivity index (χ0n) is 10.7. The van der Waals surface area contributed by atoms with Gasteiger partial charge in [-0.05, 0) is 41.2 Å². The van der Waals surface area contributed by atoms with E-state index >= 15 is 0 Å². The first kappa shape index (κ1) is 13.2. The Morgan fingerprint density at radius 2 is 1.80 bits per heavy atom. The largest absolute Gasteiger partial charge is 0.417 e. The molecule has 2 N–H and O–H groups in total. The molecule has 0 saturated heterocycles. The molecule has 0 amide bonds. The highest BCUT2D eigenvalue weighted by molar-refractivity contribution is 5.69. The second-order valence-electron chi connectivity index (χ2n) is 5.10. The molecule has 0 aliphatic heterocycles. The lowest BCUT2D eigenvalue weighted by molar-refractivity contribution is -0.137. The second kappa shape index (κ2) is 4.63. The van der Waals surface area contributed by atoms with Crippen molar-refractivity contribution in [1.82, 2.24) is 0 Å². The number of alkyl halides is 3. The van der Waals surface area contributed by atoms with Crippen LogP contribution in [0.3, 0.4) is 0 Å². The topological polar surface area (TPSA) is 26.0 Å². The highest BCUT2D eigenvalue weighted by Crippen LogP contribution is 2.39. The van der Waals surface area contributed by atoms with Gasteiger partial charge >= 0.3 is 6.18 Å². The molecule has 1 aliphatic rings. The Hall–Kier alpha value is -1.81. The van der Waals surface area contributed by atoms with Gasteiger partial charge in [0.25, 0.3) is 0 Å². The Bertz CT molecular complexity index is 646. The van der Waals surface area contributed by atoms with Crippen molar-refractivity contribution in [3.63, 3.8) is 0 Å². The first-order valence-electron chi connectivity index (χ1n) is 6.52. The average molecular weight is 277 g/mol. The average Bonchev–Trinajstić information content (AvgIpc) is 2.79. The van der Waals surface area contributed by atoms with Gasteiger partial charge in [0.2, 0.25) is 0 Å². The Balaban J connectivity index is 2.11. The minimum Gasteiger partial charge on any atom is -0.324 e. The van der Waals surface area contributed by atoms with Crippen LogP contribution in [0.4, 0.5) is 13.2 Å². The molecule has 0 bridgehead atoms. The van der Waals surface area contributed by atoms with Crippen LogP contribution in [0.25, 0.3) is 11.1 Å². The van der Waals surface area contributed by atoms with Crippen LogP contribution in [0, 0.1) is 0 Å². The molecule has 3 rings (SSSR count). The molecule has 1 aliphatic carbocycles. The van der Waals surface area contributed by atoms with Crippen LogP contribution in [0.15, 0.2) is 42.5 Å². The van der Waals surface area contributed by atoms with Crippen molar-refractivity contribution < 1.29 is 13.2 Å². The summed E-state index contributed by atoms with van der Waals surface area (Å²) in [5.41, 5.74) is 8.30. The number of nitrogens with two attached hydrogens (primary N) is 1. The van der Waals surface area contributed by atoms with Gasteiger partial charge in [-0.3, -0.25) is 0 Å². The summed E-state index contributed by atoms with van der Waals surface area (Å²) in [7, 11) is 0. The molecular weight excluding hydrogens is 263 g/mol. The number of aryl methyl sites for hydroxylation is 1. The smallest absolute Gasteiger partial charge is 0.324 e. The van der Waals surface area contributed by atoms with Gasteiger partial charge in [0.15, 0.2) is 0 Å². The fraction of sp³-hybridized carbons (Fsp3) is 0.250. The number of hydrogen-bond acceptors (Lipinski definition) is 1. The summed E-state index contributed by atoms with van der Waals surface area (Å²) in [6.07, 6.45) is -2.65. The Labute approximate surface area is 115 Å². The van der Waals surface area contributed by atoms with E-state index in [-0.39, 0.29) is 11.6 Å². The fourth-order valence-corrected chi connectivity index (χ4v) is 2.80. The zero-order chi connectivity index (χ0) is 14.3. The number of fused-ring (bicyclic) bond motifs is 1. The first-order valence-corrected chi connectivity index (χ1v) is 6.52. The first-order chi connectivity index (χ1) is 9.47. The van der Waals surface area contributed by atoms with Crippen molar-refractivity contribution in [2.75, 3.05) is 0 Å². The summed E-state index contributed by atoms with van der Waals surface area (Å²) >= 11 is 0. The van der Waals surface area contributed by atoms with E-state index in [9.17, 15) is 13.2 Å². The van der Waals surface area contributed by atoms with E-state index in [4.69, 9.17) is 5.73 Å². The van der Waals surface area contributed by atoms with Gasteiger partial charge in [-0.25, -0.2) is 0 Å². The lowest BCUT2D eigenvalue weighted by Crippen LogP contribution is -2.07. The molecule has 4 heteroatoms. The maximum absolute atomic E-state index is 13.1. The summed E-state index contributed by atoms with van der Waals surface area (Å²) in [5, 5.41) is 0. The Morgan fingerprint density at radius 3 is 2.55 bits per heavy atom. The summed E-state index contributed by atoms with van der Waals surface area (Å²) in [5.74, 6) is 0. The van der Waals surface area contributed by atoms with Crippen molar-refractivity contribution in [3.05, 3.63) is 59.2 Å². The van der Waals surface area contributed by atoms with E-state index in [2.05, 4.69) is 0 Å². The summed E-state index contributed by atoms with van der Waals surface area (Å²) in [6, 6.07) is 11.1. The molecule has 2 aromatic rings. The number of rotatable bonds is 1. The lowest BCUT2D eigenvalue weighted by atomic mass is 9.96. The van der Waals surface area contributed by atoms with Crippen LogP contribution in [0.2, 0.25) is 0 Å². The summed E-state index contributed by atoms with van der Waals surface area (Å²) in [6.45, 7) is 0. The van der Waals surface area contributed by atoms with Crippen LogP contribution in [0.5, 0.6) is 0 Å². The minimum absolute atomic E-state index is 0.0110. The zero-order valence-corrected chi connectivity index (χ0v) is 10.7. The predicted octanol–water partition coefficient (Wildman–Crippen LogP) is 4.32. The van der Waals surface area contributed by atoms with Gasteiger partial charge in [0.05, 0.1) is 5.56 Å². The molecule has 1 nitrogen and oxygen atoms in total. The van der Waals surface area contributed by atoms with E-state index in [1.807, 2.05) is 12.1 Å². The Kier molecular flexibility index (Phi) is 3.05. The second-order valence-corrected chi connectivity index (χ2v) is 5.10. The maximum Gasteiger partial charge on any atom is 0.417 e. The van der Waals surface area contributed by atoms with Crippen LogP contribution in [-0.4, -0.2) is 0 Å². The van der Waals surface area contributed by atoms with Crippen molar-refractivity contribution in [2.24, 2.45) is 5.73 Å². The van der Waals surface area contributed by atoms with Gasteiger partial charge in [0.1, 0.15) is 0 Å². The molecule has 20 heavy (non-hydrogen) atoms. The van der Waals surface area contributed by atoms with Crippen molar-refractivity contribution >= 4 is 0 Å². The molecule has 1 atom stereocenters. The maximum atomic E-state index is 13.1. The molecule has 0 spiro atoms. The Morgan fingerprint density at radius 1 is 1.05 bits per heavy atom. The number of benzene rings is 2. The van der Waals surface area contributed by atoms with Crippen LogP contribution >= 0.6 is 0 Å². The van der Waals surface area contributed by atoms with Crippen LogP contribution in [-0.2, 0) is 12.6 Å². The quantitative estimate of drug-likeness (QED) is 0.825. The molecule has 0 heterocycles. The molecule has 0 fully saturated rings. The van der Waals surface area contributed by atoms with E-state index in [1.165, 1.54) is 12.1 Å². The molecule has 1 unspecified atom stereocenters. The molecule has 0 aromatic heterocycles. The number of halogens is 3. The lowest BCUT2D eigenvalue weighted by Gasteiger charge is -2.14. The van der Waals surface area contributed by atoms with E-state index in [0.717, 1.165) is 30.0 Å². The monoisotopic (exact) mass is 277 g/mol. The third kappa shape index (κ3) is 2.20. The summed E-state index contributed by atoms with van der Waals surface area (Å²) < 4.78 is 39.2. The van der Waals surface area contributed by atoms with Gasteiger partial charge in [-0.1, -0.05) is 36.4 Å². The normalized spacial score (nSPS) is 18.1. The SMILES string of the molecule is NC1CCc2cc(-c3ccccc3C(F)(F)F)ccc21. The van der Waals surface area contributed by atoms with Gasteiger partial charge in [0, 0.05) is 6.04 Å². The van der Waals surface area contributed by atoms with Crippen molar-refractivity contribution in [3.8, 4) is 11.1 Å². The van der Waals surface area contributed by atoms with E-state index in [1.54, 1.807) is 12.1 Å². The highest BCUT2D eigenvalue weighted by Gasteiger charge is 2.33. The minimum atomic E-state index is -4.34. The van der Waals surface area contributed by atoms with Gasteiger partial charge in [-0.15, -0.1) is 0 Å². The predicted molar refractivity (Wildman–Crippen MR) is 72.1 cm³/mol. The van der Waals surface area contributed by atoms with Gasteiger partial charge in [-0.2, -0.15) is 13.2 Å². The van der Waals surface area contributed by atoms with Crippen molar-refractivity contribution in [1.29, 1.82) is 0 Å². The molecular formula is C16H14F3N. The molecule has 0 saturated carbocycles. The molecule has 2 aromatic carbocycles. The standard InChI is InChI=1S/C16H14F3N/c17-16(18,19)14-4-2-1-3-12(14)10-5-7-13-11(9-10)6-8-15(13)20/h1-5,7,9,15H,6,8,20H2. The summed E-state index contributed by atoms with van der Waals surface area (Å²) in [4.78, 5) is 0. The molecule has 104 valence electrons. The van der Waals surface area contributed by atoms with Crippen LogP contribution < -0.4 is 5.73 Å². The highest BCUT2D eigenvalue weighted by atomic mass is 19.4.